The molecule has 0 aromatic heterocycles. The minimum Gasteiger partial charge on any atom is -0.335 e. The van der Waals surface area contributed by atoms with Crippen molar-refractivity contribution in [2.75, 3.05) is 11.5 Å². The van der Waals surface area contributed by atoms with Crippen molar-refractivity contribution >= 4 is 27.3 Å². The molecular formula is C20H27ClFNO3S. The summed E-state index contributed by atoms with van der Waals surface area (Å²) in [4.78, 5) is 15.0. The Morgan fingerprint density at radius 1 is 1.26 bits per heavy atom. The number of halogens is 2. The number of hydrogen-bond donors (Lipinski definition) is 0. The number of sulfone groups is 1. The van der Waals surface area contributed by atoms with Gasteiger partial charge in [-0.25, -0.2) is 12.8 Å². The molecule has 2 aliphatic rings. The van der Waals surface area contributed by atoms with Crippen molar-refractivity contribution in [2.24, 2.45) is 17.8 Å². The van der Waals surface area contributed by atoms with Gasteiger partial charge in [-0.05, 0) is 36.8 Å². The van der Waals surface area contributed by atoms with Gasteiger partial charge in [-0.2, -0.15) is 0 Å². The van der Waals surface area contributed by atoms with Crippen molar-refractivity contribution in [1.29, 1.82) is 0 Å². The average molecular weight is 416 g/mol. The standard InChI is InChI=1S/C20H27ClFNO3S/c1-13-5-3-8-19(14(13)2)23(11-16-17(21)6-4-7-18(16)22)20(24)15-9-10-27(25,26)12-15/h4,6-7,13-15,19H,3,5,8-12H2,1-2H3/t13-,14-,15+,19+/m1/s1. The number of carbonyl (C=O) groups excluding carboxylic acids is 1. The van der Waals surface area contributed by atoms with E-state index in [4.69, 9.17) is 11.6 Å². The van der Waals surface area contributed by atoms with Crippen molar-refractivity contribution in [1.82, 2.24) is 4.90 Å². The van der Waals surface area contributed by atoms with Gasteiger partial charge in [-0.1, -0.05) is 44.4 Å². The molecule has 7 heteroatoms. The Morgan fingerprint density at radius 2 is 2.00 bits per heavy atom. The van der Waals surface area contributed by atoms with Crippen LogP contribution in [0.3, 0.4) is 0 Å². The summed E-state index contributed by atoms with van der Waals surface area (Å²) in [6, 6.07) is 4.48. The summed E-state index contributed by atoms with van der Waals surface area (Å²) in [5, 5.41) is 0.295. The zero-order chi connectivity index (χ0) is 19.8. The third-order valence-electron chi connectivity index (χ3n) is 6.32. The van der Waals surface area contributed by atoms with Crippen LogP contribution in [0.25, 0.3) is 0 Å². The van der Waals surface area contributed by atoms with Crippen LogP contribution in [-0.4, -0.2) is 36.8 Å². The van der Waals surface area contributed by atoms with Gasteiger partial charge in [-0.15, -0.1) is 0 Å². The number of rotatable bonds is 4. The molecule has 27 heavy (non-hydrogen) atoms. The largest absolute Gasteiger partial charge is 0.335 e. The summed E-state index contributed by atoms with van der Waals surface area (Å²) in [5.74, 6) is -0.478. The van der Waals surface area contributed by atoms with Crippen molar-refractivity contribution in [3.05, 3.63) is 34.6 Å². The van der Waals surface area contributed by atoms with Gasteiger partial charge >= 0.3 is 0 Å². The topological polar surface area (TPSA) is 54.5 Å². The minimum atomic E-state index is -3.17. The third kappa shape index (κ3) is 4.48. The van der Waals surface area contributed by atoms with E-state index in [1.807, 2.05) is 0 Å². The highest BCUT2D eigenvalue weighted by Gasteiger charge is 2.40. The predicted octanol–water partition coefficient (Wildman–Crippen LogP) is 4.07. The molecule has 150 valence electrons. The lowest BCUT2D eigenvalue weighted by Crippen LogP contribution is -2.49. The van der Waals surface area contributed by atoms with Crippen LogP contribution in [0.5, 0.6) is 0 Å². The Kier molecular flexibility index (Phi) is 6.16. The molecule has 0 radical (unpaired) electrons. The maximum absolute atomic E-state index is 14.4. The molecule has 1 saturated heterocycles. The molecule has 1 saturated carbocycles. The lowest BCUT2D eigenvalue weighted by molar-refractivity contribution is -0.140. The number of nitrogens with zero attached hydrogens (tertiary/aromatic N) is 1. The van der Waals surface area contributed by atoms with Crippen molar-refractivity contribution in [2.45, 2.75) is 52.1 Å². The monoisotopic (exact) mass is 415 g/mol. The second kappa shape index (κ2) is 8.08. The van der Waals surface area contributed by atoms with E-state index in [0.717, 1.165) is 19.3 Å². The highest BCUT2D eigenvalue weighted by Crippen LogP contribution is 2.36. The highest BCUT2D eigenvalue weighted by atomic mass is 35.5. The fraction of sp³-hybridized carbons (Fsp3) is 0.650. The SMILES string of the molecule is C[C@@H]1[C@H](C)CCC[C@@H]1N(Cc1c(F)cccc1Cl)C(=O)[C@H]1CCS(=O)(=O)C1. The Hall–Kier alpha value is -1.14. The van der Waals surface area contributed by atoms with Gasteiger partial charge < -0.3 is 4.90 Å². The Balaban J connectivity index is 1.92. The summed E-state index contributed by atoms with van der Waals surface area (Å²) in [5.41, 5.74) is 0.304. The number of amides is 1. The molecule has 1 aromatic rings. The maximum Gasteiger partial charge on any atom is 0.227 e. The summed E-state index contributed by atoms with van der Waals surface area (Å²) in [6.45, 7) is 4.39. The average Bonchev–Trinajstić information content (AvgIpc) is 2.97. The molecule has 0 unspecified atom stereocenters. The van der Waals surface area contributed by atoms with E-state index in [0.29, 0.717) is 22.9 Å². The van der Waals surface area contributed by atoms with Gasteiger partial charge in [0.1, 0.15) is 5.82 Å². The van der Waals surface area contributed by atoms with Crippen LogP contribution in [0.2, 0.25) is 5.02 Å². The first-order valence-corrected chi connectivity index (χ1v) is 11.8. The molecule has 1 aliphatic carbocycles. The smallest absolute Gasteiger partial charge is 0.227 e. The molecule has 2 fully saturated rings. The Bertz CT molecular complexity index is 793. The van der Waals surface area contributed by atoms with Crippen LogP contribution >= 0.6 is 11.6 Å². The van der Waals surface area contributed by atoms with Crippen LogP contribution in [0.1, 0.15) is 45.1 Å². The molecule has 1 heterocycles. The van der Waals surface area contributed by atoms with E-state index in [1.165, 1.54) is 6.07 Å². The fourth-order valence-corrected chi connectivity index (χ4v) is 6.39. The lowest BCUT2D eigenvalue weighted by atomic mass is 9.77. The lowest BCUT2D eigenvalue weighted by Gasteiger charge is -2.42. The van der Waals surface area contributed by atoms with E-state index < -0.39 is 21.6 Å². The molecule has 4 nitrogen and oxygen atoms in total. The van der Waals surface area contributed by atoms with E-state index in [2.05, 4.69) is 13.8 Å². The van der Waals surface area contributed by atoms with Crippen molar-refractivity contribution in [3.63, 3.8) is 0 Å². The van der Waals surface area contributed by atoms with Gasteiger partial charge in [0.05, 0.1) is 24.0 Å². The number of carbonyl (C=O) groups is 1. The number of hydrogen-bond acceptors (Lipinski definition) is 3. The van der Waals surface area contributed by atoms with Gasteiger partial charge in [0, 0.05) is 16.6 Å². The summed E-state index contributed by atoms with van der Waals surface area (Å²) < 4.78 is 38.1. The van der Waals surface area contributed by atoms with Crippen LogP contribution in [0.15, 0.2) is 18.2 Å². The van der Waals surface area contributed by atoms with Crippen LogP contribution in [-0.2, 0) is 21.2 Å². The maximum atomic E-state index is 14.4. The molecule has 3 rings (SSSR count). The van der Waals surface area contributed by atoms with Crippen LogP contribution in [0.4, 0.5) is 4.39 Å². The molecule has 0 spiro atoms. The fourth-order valence-electron chi connectivity index (χ4n) is 4.43. The molecular weight excluding hydrogens is 389 g/mol. The minimum absolute atomic E-state index is 0.0276. The summed E-state index contributed by atoms with van der Waals surface area (Å²) >= 11 is 6.21. The van der Waals surface area contributed by atoms with Crippen LogP contribution in [0, 0.1) is 23.6 Å². The van der Waals surface area contributed by atoms with E-state index >= 15 is 0 Å². The summed E-state index contributed by atoms with van der Waals surface area (Å²) in [6.07, 6.45) is 3.31. The molecule has 1 amide bonds. The van der Waals surface area contributed by atoms with Crippen LogP contribution < -0.4 is 0 Å². The highest BCUT2D eigenvalue weighted by molar-refractivity contribution is 7.91. The van der Waals surface area contributed by atoms with Gasteiger partial charge in [0.2, 0.25) is 5.91 Å². The van der Waals surface area contributed by atoms with Gasteiger partial charge in [0.15, 0.2) is 9.84 Å². The molecule has 4 atom stereocenters. The Labute approximate surface area is 166 Å². The first-order chi connectivity index (χ1) is 12.7. The van der Waals surface area contributed by atoms with Crippen molar-refractivity contribution in [3.8, 4) is 0 Å². The molecule has 0 N–H and O–H groups in total. The normalized spacial score (nSPS) is 30.2. The third-order valence-corrected chi connectivity index (χ3v) is 8.44. The second-order valence-corrected chi connectivity index (χ2v) is 10.7. The molecule has 1 aliphatic heterocycles. The molecule has 0 bridgehead atoms. The van der Waals surface area contributed by atoms with E-state index in [-0.39, 0.29) is 35.9 Å². The first-order valence-electron chi connectivity index (χ1n) is 9.63. The second-order valence-electron chi connectivity index (χ2n) is 8.10. The molecule has 1 aromatic carbocycles. The van der Waals surface area contributed by atoms with Gasteiger partial charge in [-0.3, -0.25) is 4.79 Å². The van der Waals surface area contributed by atoms with E-state index in [9.17, 15) is 17.6 Å². The zero-order valence-electron chi connectivity index (χ0n) is 15.8. The van der Waals surface area contributed by atoms with Crippen molar-refractivity contribution < 1.29 is 17.6 Å². The Morgan fingerprint density at radius 3 is 2.63 bits per heavy atom. The first kappa shape index (κ1) is 20.6. The predicted molar refractivity (Wildman–Crippen MR) is 105 cm³/mol. The van der Waals surface area contributed by atoms with E-state index in [1.54, 1.807) is 17.0 Å². The van der Waals surface area contributed by atoms with Gasteiger partial charge in [0.25, 0.3) is 0 Å². The number of benzene rings is 1. The zero-order valence-corrected chi connectivity index (χ0v) is 17.4. The quantitative estimate of drug-likeness (QED) is 0.744. The summed E-state index contributed by atoms with van der Waals surface area (Å²) in [7, 11) is -3.17.